The van der Waals surface area contributed by atoms with E-state index >= 15 is 0 Å². The van der Waals surface area contributed by atoms with Crippen LogP contribution < -0.4 is 5.32 Å². The molecule has 0 radical (unpaired) electrons. The van der Waals surface area contributed by atoms with Gasteiger partial charge in [0, 0.05) is 25.6 Å². The Morgan fingerprint density at radius 1 is 1.27 bits per heavy atom. The van der Waals surface area contributed by atoms with E-state index in [0.717, 1.165) is 57.9 Å². The van der Waals surface area contributed by atoms with E-state index in [2.05, 4.69) is 5.32 Å². The fraction of sp³-hybridized carbons (Fsp3) is 0.917. The SMILES string of the molecule is O=C(CCC1CCNC1)C1CCOCC1. The second-order valence-corrected chi connectivity index (χ2v) is 4.75. The molecular formula is C12H21NO2. The third-order valence-electron chi connectivity index (χ3n) is 3.64. The highest BCUT2D eigenvalue weighted by atomic mass is 16.5. The van der Waals surface area contributed by atoms with E-state index in [4.69, 9.17) is 4.74 Å². The molecule has 1 N–H and O–H groups in total. The van der Waals surface area contributed by atoms with Crippen LogP contribution in [0, 0.1) is 11.8 Å². The summed E-state index contributed by atoms with van der Waals surface area (Å²) in [4.78, 5) is 11.9. The van der Waals surface area contributed by atoms with Crippen LogP contribution in [0.4, 0.5) is 0 Å². The Morgan fingerprint density at radius 3 is 2.73 bits per heavy atom. The zero-order valence-electron chi connectivity index (χ0n) is 9.34. The lowest BCUT2D eigenvalue weighted by molar-refractivity contribution is -0.125. The number of ketones is 1. The summed E-state index contributed by atoms with van der Waals surface area (Å²) in [6.07, 6.45) is 5.02. The third kappa shape index (κ3) is 3.28. The highest BCUT2D eigenvalue weighted by Crippen LogP contribution is 2.21. The number of ether oxygens (including phenoxy) is 1. The molecular weight excluding hydrogens is 190 g/mol. The Kier molecular flexibility index (Phi) is 4.15. The van der Waals surface area contributed by atoms with Crippen molar-refractivity contribution in [1.29, 1.82) is 0 Å². The standard InChI is InChI=1S/C12H21NO2/c14-12(11-4-7-15-8-5-11)2-1-10-3-6-13-9-10/h10-11,13H,1-9H2. The topological polar surface area (TPSA) is 38.3 Å². The molecule has 86 valence electrons. The van der Waals surface area contributed by atoms with Crippen LogP contribution in [0.3, 0.4) is 0 Å². The van der Waals surface area contributed by atoms with Crippen LogP contribution in [0.5, 0.6) is 0 Å². The molecule has 0 bridgehead atoms. The van der Waals surface area contributed by atoms with Gasteiger partial charge in [-0.05, 0) is 44.7 Å². The molecule has 0 aliphatic carbocycles. The lowest BCUT2D eigenvalue weighted by Gasteiger charge is -2.21. The Bertz CT molecular complexity index is 206. The number of hydrogen-bond acceptors (Lipinski definition) is 3. The molecule has 0 saturated carbocycles. The number of carbonyl (C=O) groups is 1. The van der Waals surface area contributed by atoms with Crippen molar-refractivity contribution in [2.75, 3.05) is 26.3 Å². The molecule has 0 spiro atoms. The van der Waals surface area contributed by atoms with Crippen LogP contribution in [0.1, 0.15) is 32.1 Å². The molecule has 1 unspecified atom stereocenters. The summed E-state index contributed by atoms with van der Waals surface area (Å²) in [6, 6.07) is 0. The van der Waals surface area contributed by atoms with Gasteiger partial charge in [-0.3, -0.25) is 4.79 Å². The molecule has 2 aliphatic heterocycles. The molecule has 2 heterocycles. The van der Waals surface area contributed by atoms with Gasteiger partial charge in [0.15, 0.2) is 0 Å². The molecule has 3 heteroatoms. The van der Waals surface area contributed by atoms with Gasteiger partial charge in [0.05, 0.1) is 0 Å². The average Bonchev–Trinajstić information content (AvgIpc) is 2.80. The molecule has 0 aromatic carbocycles. The number of carbonyl (C=O) groups excluding carboxylic acids is 1. The van der Waals surface area contributed by atoms with E-state index in [-0.39, 0.29) is 0 Å². The van der Waals surface area contributed by atoms with Gasteiger partial charge in [0.2, 0.25) is 0 Å². The molecule has 2 aliphatic rings. The number of Topliss-reactive ketones (excluding diaryl/α,β-unsaturated/α-hetero) is 1. The maximum atomic E-state index is 11.9. The Labute approximate surface area is 91.6 Å². The van der Waals surface area contributed by atoms with E-state index in [0.29, 0.717) is 11.7 Å². The van der Waals surface area contributed by atoms with Crippen molar-refractivity contribution in [3.63, 3.8) is 0 Å². The van der Waals surface area contributed by atoms with Crippen LogP contribution in [0.15, 0.2) is 0 Å². The molecule has 3 nitrogen and oxygen atoms in total. The van der Waals surface area contributed by atoms with E-state index in [9.17, 15) is 4.79 Å². The molecule has 2 saturated heterocycles. The number of hydrogen-bond donors (Lipinski definition) is 1. The van der Waals surface area contributed by atoms with Gasteiger partial charge in [-0.15, -0.1) is 0 Å². The van der Waals surface area contributed by atoms with Crippen molar-refractivity contribution in [3.8, 4) is 0 Å². The largest absolute Gasteiger partial charge is 0.381 e. The van der Waals surface area contributed by atoms with Gasteiger partial charge in [0.1, 0.15) is 5.78 Å². The first kappa shape index (κ1) is 11.1. The quantitative estimate of drug-likeness (QED) is 0.763. The zero-order chi connectivity index (χ0) is 10.5. The fourth-order valence-electron chi connectivity index (χ4n) is 2.53. The third-order valence-corrected chi connectivity index (χ3v) is 3.64. The van der Waals surface area contributed by atoms with E-state index < -0.39 is 0 Å². The second-order valence-electron chi connectivity index (χ2n) is 4.75. The van der Waals surface area contributed by atoms with Crippen molar-refractivity contribution in [1.82, 2.24) is 5.32 Å². The van der Waals surface area contributed by atoms with Crippen LogP contribution in [0.25, 0.3) is 0 Å². The lowest BCUT2D eigenvalue weighted by Crippen LogP contribution is -2.24. The van der Waals surface area contributed by atoms with Crippen molar-refractivity contribution in [2.45, 2.75) is 32.1 Å². The number of nitrogens with one attached hydrogen (secondary N) is 1. The molecule has 2 rings (SSSR count). The Balaban J connectivity index is 1.66. The van der Waals surface area contributed by atoms with Crippen molar-refractivity contribution >= 4 is 5.78 Å². The lowest BCUT2D eigenvalue weighted by atomic mass is 9.90. The highest BCUT2D eigenvalue weighted by molar-refractivity contribution is 5.81. The van der Waals surface area contributed by atoms with Gasteiger partial charge >= 0.3 is 0 Å². The van der Waals surface area contributed by atoms with Crippen LogP contribution in [-0.4, -0.2) is 32.1 Å². The highest BCUT2D eigenvalue weighted by Gasteiger charge is 2.23. The summed E-state index contributed by atoms with van der Waals surface area (Å²) < 4.78 is 5.27. The molecule has 2 fully saturated rings. The normalized spacial score (nSPS) is 28.1. The predicted molar refractivity (Wildman–Crippen MR) is 58.8 cm³/mol. The minimum absolute atomic E-state index is 0.299. The maximum absolute atomic E-state index is 11.9. The van der Waals surface area contributed by atoms with Gasteiger partial charge in [-0.1, -0.05) is 0 Å². The van der Waals surface area contributed by atoms with Gasteiger partial charge in [-0.25, -0.2) is 0 Å². The molecule has 1 atom stereocenters. The summed E-state index contributed by atoms with van der Waals surface area (Å²) in [6.45, 7) is 3.81. The summed E-state index contributed by atoms with van der Waals surface area (Å²) in [7, 11) is 0. The summed E-state index contributed by atoms with van der Waals surface area (Å²) in [5, 5.41) is 3.34. The van der Waals surface area contributed by atoms with Crippen LogP contribution in [0.2, 0.25) is 0 Å². The van der Waals surface area contributed by atoms with E-state index in [1.165, 1.54) is 6.42 Å². The Hall–Kier alpha value is -0.410. The summed E-state index contributed by atoms with van der Waals surface area (Å²) in [5.74, 6) is 1.52. The first-order chi connectivity index (χ1) is 7.36. The molecule has 15 heavy (non-hydrogen) atoms. The zero-order valence-corrected chi connectivity index (χ0v) is 9.34. The van der Waals surface area contributed by atoms with Gasteiger partial charge in [0.25, 0.3) is 0 Å². The second kappa shape index (κ2) is 5.61. The first-order valence-electron chi connectivity index (χ1n) is 6.17. The van der Waals surface area contributed by atoms with Crippen molar-refractivity contribution in [2.24, 2.45) is 11.8 Å². The summed E-state index contributed by atoms with van der Waals surface area (Å²) >= 11 is 0. The van der Waals surface area contributed by atoms with Crippen molar-refractivity contribution in [3.05, 3.63) is 0 Å². The fourth-order valence-corrected chi connectivity index (χ4v) is 2.53. The smallest absolute Gasteiger partial charge is 0.136 e. The number of rotatable bonds is 4. The molecule has 0 aromatic heterocycles. The van der Waals surface area contributed by atoms with Gasteiger partial charge in [-0.2, -0.15) is 0 Å². The molecule has 0 amide bonds. The van der Waals surface area contributed by atoms with E-state index in [1.807, 2.05) is 0 Å². The van der Waals surface area contributed by atoms with Crippen LogP contribution >= 0.6 is 0 Å². The molecule has 0 aromatic rings. The van der Waals surface area contributed by atoms with Crippen LogP contribution in [-0.2, 0) is 9.53 Å². The first-order valence-corrected chi connectivity index (χ1v) is 6.17. The van der Waals surface area contributed by atoms with E-state index in [1.54, 1.807) is 0 Å². The maximum Gasteiger partial charge on any atom is 0.136 e. The minimum atomic E-state index is 0.299. The van der Waals surface area contributed by atoms with Gasteiger partial charge < -0.3 is 10.1 Å². The predicted octanol–water partition coefficient (Wildman–Crippen LogP) is 1.37. The minimum Gasteiger partial charge on any atom is -0.381 e. The summed E-state index contributed by atoms with van der Waals surface area (Å²) in [5.41, 5.74) is 0. The Morgan fingerprint density at radius 2 is 2.07 bits per heavy atom. The average molecular weight is 211 g/mol. The van der Waals surface area contributed by atoms with Crippen molar-refractivity contribution < 1.29 is 9.53 Å². The monoisotopic (exact) mass is 211 g/mol.